The van der Waals surface area contributed by atoms with Crippen LogP contribution in [0.5, 0.6) is 0 Å². The first kappa shape index (κ1) is 15.0. The van der Waals surface area contributed by atoms with Gasteiger partial charge in [-0.2, -0.15) is 0 Å². The number of aryl methyl sites for hydroxylation is 1. The Kier molecular flexibility index (Phi) is 5.79. The van der Waals surface area contributed by atoms with Crippen LogP contribution in [0.3, 0.4) is 0 Å². The van der Waals surface area contributed by atoms with E-state index in [0.29, 0.717) is 19.5 Å². The van der Waals surface area contributed by atoms with Crippen LogP contribution < -0.4 is 5.32 Å². The fraction of sp³-hybridized carbons (Fsp3) is 0.333. The zero-order chi connectivity index (χ0) is 14.3. The third-order valence-corrected chi connectivity index (χ3v) is 2.92. The van der Waals surface area contributed by atoms with Crippen molar-refractivity contribution in [2.45, 2.75) is 19.9 Å². The second-order valence-corrected chi connectivity index (χ2v) is 4.42. The lowest BCUT2D eigenvalue weighted by Crippen LogP contribution is -2.31. The Morgan fingerprint density at radius 3 is 2.68 bits per heavy atom. The van der Waals surface area contributed by atoms with Crippen LogP contribution >= 0.6 is 0 Å². The van der Waals surface area contributed by atoms with Gasteiger partial charge in [-0.3, -0.25) is 9.59 Å². The fourth-order valence-corrected chi connectivity index (χ4v) is 1.69. The summed E-state index contributed by atoms with van der Waals surface area (Å²) < 4.78 is 0. The molecule has 0 aliphatic carbocycles. The predicted octanol–water partition coefficient (Wildman–Crippen LogP) is 1.65. The zero-order valence-electron chi connectivity index (χ0n) is 11.5. The highest BCUT2D eigenvalue weighted by molar-refractivity contribution is 5.87. The van der Waals surface area contributed by atoms with Gasteiger partial charge < -0.3 is 10.2 Å². The average molecular weight is 260 g/mol. The largest absolute Gasteiger partial charge is 0.352 e. The molecule has 0 bridgehead atoms. The fourth-order valence-electron chi connectivity index (χ4n) is 1.69. The molecular formula is C15H20N2O2. The summed E-state index contributed by atoms with van der Waals surface area (Å²) in [6.45, 7) is 6.30. The highest BCUT2D eigenvalue weighted by Crippen LogP contribution is 2.09. The highest BCUT2D eigenvalue weighted by atomic mass is 16.2. The number of nitrogens with one attached hydrogen (secondary N) is 1. The van der Waals surface area contributed by atoms with Gasteiger partial charge in [0.25, 0.3) is 0 Å². The van der Waals surface area contributed by atoms with Crippen LogP contribution in [0.4, 0.5) is 0 Å². The monoisotopic (exact) mass is 260 g/mol. The van der Waals surface area contributed by atoms with Gasteiger partial charge in [-0.25, -0.2) is 0 Å². The number of carbonyl (C=O) groups is 2. The van der Waals surface area contributed by atoms with E-state index in [1.54, 1.807) is 11.9 Å². The quantitative estimate of drug-likeness (QED) is 0.791. The molecule has 0 aliphatic heterocycles. The summed E-state index contributed by atoms with van der Waals surface area (Å²) in [6.07, 6.45) is 1.49. The van der Waals surface area contributed by atoms with E-state index in [9.17, 15) is 9.59 Å². The van der Waals surface area contributed by atoms with Gasteiger partial charge in [0.05, 0.1) is 0 Å². The van der Waals surface area contributed by atoms with Gasteiger partial charge in [-0.1, -0.05) is 30.8 Å². The third kappa shape index (κ3) is 4.95. The van der Waals surface area contributed by atoms with Gasteiger partial charge in [0.2, 0.25) is 11.8 Å². The molecule has 0 spiro atoms. The number of hydrogen-bond donors (Lipinski definition) is 1. The van der Waals surface area contributed by atoms with Crippen molar-refractivity contribution in [1.82, 2.24) is 10.2 Å². The first-order valence-corrected chi connectivity index (χ1v) is 6.23. The van der Waals surface area contributed by atoms with Crippen molar-refractivity contribution < 1.29 is 9.59 Å². The molecular weight excluding hydrogens is 240 g/mol. The van der Waals surface area contributed by atoms with E-state index in [2.05, 4.69) is 11.9 Å². The van der Waals surface area contributed by atoms with Crippen LogP contribution in [0.1, 0.15) is 17.5 Å². The maximum Gasteiger partial charge on any atom is 0.243 e. The molecule has 19 heavy (non-hydrogen) atoms. The standard InChI is InChI=1S/C15H20N2O2/c1-4-14(18)16-10-9-15(19)17(3)11-13-8-6-5-7-12(13)2/h4-8H,1,9-11H2,2-3H3,(H,16,18). The molecule has 0 saturated heterocycles. The van der Waals surface area contributed by atoms with Crippen LogP contribution in [0, 0.1) is 6.92 Å². The lowest BCUT2D eigenvalue weighted by Gasteiger charge is -2.18. The first-order chi connectivity index (χ1) is 9.04. The van der Waals surface area contributed by atoms with Crippen LogP contribution in [0.2, 0.25) is 0 Å². The number of rotatable bonds is 6. The minimum absolute atomic E-state index is 0.00705. The van der Waals surface area contributed by atoms with Crippen LogP contribution in [0.15, 0.2) is 36.9 Å². The third-order valence-electron chi connectivity index (χ3n) is 2.92. The van der Waals surface area contributed by atoms with Crippen molar-refractivity contribution in [2.24, 2.45) is 0 Å². The van der Waals surface area contributed by atoms with Crippen molar-refractivity contribution >= 4 is 11.8 Å². The van der Waals surface area contributed by atoms with Crippen molar-refractivity contribution in [3.05, 3.63) is 48.0 Å². The van der Waals surface area contributed by atoms with Crippen LogP contribution in [-0.4, -0.2) is 30.3 Å². The van der Waals surface area contributed by atoms with Crippen LogP contribution in [-0.2, 0) is 16.1 Å². The van der Waals surface area contributed by atoms with Crippen molar-refractivity contribution in [3.63, 3.8) is 0 Å². The molecule has 4 nitrogen and oxygen atoms in total. The Bertz CT molecular complexity index is 469. The van der Waals surface area contributed by atoms with Gasteiger partial charge in [-0.15, -0.1) is 0 Å². The predicted molar refractivity (Wildman–Crippen MR) is 75.5 cm³/mol. The minimum atomic E-state index is -0.255. The van der Waals surface area contributed by atoms with E-state index >= 15 is 0 Å². The average Bonchev–Trinajstić information content (AvgIpc) is 2.40. The van der Waals surface area contributed by atoms with E-state index < -0.39 is 0 Å². The molecule has 1 N–H and O–H groups in total. The minimum Gasteiger partial charge on any atom is -0.352 e. The second kappa shape index (κ2) is 7.36. The van der Waals surface area contributed by atoms with Gasteiger partial charge in [0.1, 0.15) is 0 Å². The molecule has 1 rings (SSSR count). The molecule has 102 valence electrons. The van der Waals surface area contributed by atoms with Gasteiger partial charge in [0.15, 0.2) is 0 Å². The summed E-state index contributed by atoms with van der Waals surface area (Å²) in [5.74, 6) is -0.248. The van der Waals surface area contributed by atoms with E-state index in [-0.39, 0.29) is 11.8 Å². The van der Waals surface area contributed by atoms with E-state index in [1.165, 1.54) is 11.6 Å². The molecule has 0 atom stereocenters. The summed E-state index contributed by atoms with van der Waals surface area (Å²) >= 11 is 0. The number of amides is 2. The highest BCUT2D eigenvalue weighted by Gasteiger charge is 2.10. The Morgan fingerprint density at radius 1 is 1.37 bits per heavy atom. The molecule has 0 radical (unpaired) electrons. The zero-order valence-corrected chi connectivity index (χ0v) is 11.5. The topological polar surface area (TPSA) is 49.4 Å². The van der Waals surface area contributed by atoms with E-state index in [1.807, 2.05) is 31.2 Å². The summed E-state index contributed by atoms with van der Waals surface area (Å²) in [5.41, 5.74) is 2.30. The first-order valence-electron chi connectivity index (χ1n) is 6.23. The normalized spacial score (nSPS) is 9.79. The molecule has 4 heteroatoms. The van der Waals surface area contributed by atoms with E-state index in [0.717, 1.165) is 5.56 Å². The van der Waals surface area contributed by atoms with Crippen molar-refractivity contribution in [1.29, 1.82) is 0 Å². The van der Waals surface area contributed by atoms with Gasteiger partial charge in [-0.05, 0) is 24.1 Å². The molecule has 1 aromatic rings. The number of nitrogens with zero attached hydrogens (tertiary/aromatic N) is 1. The van der Waals surface area contributed by atoms with E-state index in [4.69, 9.17) is 0 Å². The molecule has 1 aromatic carbocycles. The van der Waals surface area contributed by atoms with Crippen LogP contribution in [0.25, 0.3) is 0 Å². The SMILES string of the molecule is C=CC(=O)NCCC(=O)N(C)Cc1ccccc1C. The maximum absolute atomic E-state index is 11.9. The number of hydrogen-bond acceptors (Lipinski definition) is 2. The molecule has 2 amide bonds. The van der Waals surface area contributed by atoms with Crippen molar-refractivity contribution in [2.75, 3.05) is 13.6 Å². The van der Waals surface area contributed by atoms with Gasteiger partial charge >= 0.3 is 0 Å². The Morgan fingerprint density at radius 2 is 2.05 bits per heavy atom. The lowest BCUT2D eigenvalue weighted by atomic mass is 10.1. The molecule has 0 unspecified atom stereocenters. The lowest BCUT2D eigenvalue weighted by molar-refractivity contribution is -0.130. The summed E-state index contributed by atoms with van der Waals surface area (Å²) in [4.78, 5) is 24.5. The second-order valence-electron chi connectivity index (χ2n) is 4.42. The summed E-state index contributed by atoms with van der Waals surface area (Å²) in [6, 6.07) is 7.98. The Hall–Kier alpha value is -2.10. The molecule has 0 aliphatic rings. The summed E-state index contributed by atoms with van der Waals surface area (Å²) in [7, 11) is 1.77. The molecule has 0 aromatic heterocycles. The van der Waals surface area contributed by atoms with Gasteiger partial charge in [0, 0.05) is 26.6 Å². The number of benzene rings is 1. The Labute approximate surface area is 114 Å². The molecule has 0 heterocycles. The molecule has 0 saturated carbocycles. The Balaban J connectivity index is 2.43. The number of carbonyl (C=O) groups excluding carboxylic acids is 2. The maximum atomic E-state index is 11.9. The summed E-state index contributed by atoms with van der Waals surface area (Å²) in [5, 5.41) is 2.59. The smallest absolute Gasteiger partial charge is 0.243 e. The van der Waals surface area contributed by atoms with Crippen molar-refractivity contribution in [3.8, 4) is 0 Å². The molecule has 0 fully saturated rings.